The van der Waals surface area contributed by atoms with E-state index in [2.05, 4.69) is 26.1 Å². The minimum Gasteiger partial charge on any atom is -0.385 e. The lowest BCUT2D eigenvalue weighted by atomic mass is 9.95. The number of ether oxygens (including phenoxy) is 1. The SMILES string of the molecule is CCNC(CC)C(C)CCCOC. The molecule has 0 aliphatic heterocycles. The van der Waals surface area contributed by atoms with Crippen molar-refractivity contribution in [3.8, 4) is 0 Å². The first kappa shape index (κ1) is 12.9. The Balaban J connectivity index is 3.57. The molecule has 0 fully saturated rings. The van der Waals surface area contributed by atoms with Crippen LogP contribution in [0.15, 0.2) is 0 Å². The molecule has 2 nitrogen and oxygen atoms in total. The number of hydrogen-bond donors (Lipinski definition) is 1. The smallest absolute Gasteiger partial charge is 0.0462 e. The van der Waals surface area contributed by atoms with Crippen molar-refractivity contribution in [3.63, 3.8) is 0 Å². The van der Waals surface area contributed by atoms with Gasteiger partial charge in [0.05, 0.1) is 0 Å². The Kier molecular flexibility index (Phi) is 8.46. The molecular weight excluding hydrogens is 162 g/mol. The monoisotopic (exact) mass is 187 g/mol. The fourth-order valence-corrected chi connectivity index (χ4v) is 1.76. The largest absolute Gasteiger partial charge is 0.385 e. The van der Waals surface area contributed by atoms with Gasteiger partial charge in [0.2, 0.25) is 0 Å². The highest BCUT2D eigenvalue weighted by atomic mass is 16.5. The Morgan fingerprint density at radius 3 is 2.46 bits per heavy atom. The molecule has 0 aromatic heterocycles. The maximum Gasteiger partial charge on any atom is 0.0462 e. The van der Waals surface area contributed by atoms with Crippen LogP contribution in [0.5, 0.6) is 0 Å². The van der Waals surface area contributed by atoms with E-state index in [0.717, 1.165) is 19.1 Å². The molecule has 0 saturated heterocycles. The van der Waals surface area contributed by atoms with Crippen molar-refractivity contribution in [2.75, 3.05) is 20.3 Å². The number of methoxy groups -OCH3 is 1. The van der Waals surface area contributed by atoms with Crippen LogP contribution in [0, 0.1) is 5.92 Å². The summed E-state index contributed by atoms with van der Waals surface area (Å²) in [6, 6.07) is 0.682. The summed E-state index contributed by atoms with van der Waals surface area (Å²) in [6.45, 7) is 8.72. The highest BCUT2D eigenvalue weighted by Gasteiger charge is 2.12. The van der Waals surface area contributed by atoms with Crippen molar-refractivity contribution in [1.29, 1.82) is 0 Å². The number of rotatable bonds is 8. The van der Waals surface area contributed by atoms with Gasteiger partial charge in [0, 0.05) is 19.8 Å². The molecular formula is C11H25NO. The molecule has 0 heterocycles. The molecule has 0 rings (SSSR count). The fourth-order valence-electron chi connectivity index (χ4n) is 1.76. The van der Waals surface area contributed by atoms with E-state index in [1.165, 1.54) is 19.3 Å². The molecule has 0 amide bonds. The van der Waals surface area contributed by atoms with Crippen LogP contribution in [0.2, 0.25) is 0 Å². The highest BCUT2D eigenvalue weighted by molar-refractivity contribution is 4.70. The minimum atomic E-state index is 0.682. The Morgan fingerprint density at radius 1 is 1.31 bits per heavy atom. The molecule has 0 aromatic rings. The first-order valence-corrected chi connectivity index (χ1v) is 5.48. The molecule has 2 unspecified atom stereocenters. The van der Waals surface area contributed by atoms with Crippen LogP contribution >= 0.6 is 0 Å². The molecule has 0 spiro atoms. The normalized spacial score (nSPS) is 15.7. The van der Waals surface area contributed by atoms with E-state index in [1.807, 2.05) is 0 Å². The maximum absolute atomic E-state index is 5.05. The van der Waals surface area contributed by atoms with E-state index in [0.29, 0.717) is 6.04 Å². The molecule has 2 atom stereocenters. The minimum absolute atomic E-state index is 0.682. The van der Waals surface area contributed by atoms with Gasteiger partial charge in [-0.25, -0.2) is 0 Å². The summed E-state index contributed by atoms with van der Waals surface area (Å²) in [5.41, 5.74) is 0. The van der Waals surface area contributed by atoms with Crippen LogP contribution < -0.4 is 5.32 Å². The fraction of sp³-hybridized carbons (Fsp3) is 1.00. The topological polar surface area (TPSA) is 21.3 Å². The van der Waals surface area contributed by atoms with E-state index in [1.54, 1.807) is 7.11 Å². The zero-order valence-corrected chi connectivity index (χ0v) is 9.60. The van der Waals surface area contributed by atoms with Gasteiger partial charge in [-0.2, -0.15) is 0 Å². The molecule has 0 aliphatic rings. The first-order valence-electron chi connectivity index (χ1n) is 5.48. The van der Waals surface area contributed by atoms with Crippen LogP contribution in [0.25, 0.3) is 0 Å². The lowest BCUT2D eigenvalue weighted by Gasteiger charge is -2.23. The lowest BCUT2D eigenvalue weighted by molar-refractivity contribution is 0.183. The second kappa shape index (κ2) is 8.52. The molecule has 2 heteroatoms. The first-order chi connectivity index (χ1) is 6.26. The zero-order chi connectivity index (χ0) is 10.1. The summed E-state index contributed by atoms with van der Waals surface area (Å²) in [5, 5.41) is 3.52. The molecule has 0 radical (unpaired) electrons. The second-order valence-corrected chi connectivity index (χ2v) is 3.68. The van der Waals surface area contributed by atoms with Gasteiger partial charge in [-0.1, -0.05) is 20.8 Å². The number of nitrogens with one attached hydrogen (secondary N) is 1. The van der Waals surface area contributed by atoms with E-state index in [9.17, 15) is 0 Å². The van der Waals surface area contributed by atoms with Crippen molar-refractivity contribution in [1.82, 2.24) is 5.32 Å². The van der Waals surface area contributed by atoms with Gasteiger partial charge in [0.15, 0.2) is 0 Å². The van der Waals surface area contributed by atoms with Crippen molar-refractivity contribution in [2.24, 2.45) is 5.92 Å². The third-order valence-electron chi connectivity index (χ3n) is 2.60. The third-order valence-corrected chi connectivity index (χ3v) is 2.60. The predicted molar refractivity (Wildman–Crippen MR) is 58.0 cm³/mol. The average molecular weight is 187 g/mol. The Bertz CT molecular complexity index is 106. The van der Waals surface area contributed by atoms with Gasteiger partial charge in [0.1, 0.15) is 0 Å². The van der Waals surface area contributed by atoms with Crippen molar-refractivity contribution < 1.29 is 4.74 Å². The Labute approximate surface area is 83.1 Å². The van der Waals surface area contributed by atoms with Gasteiger partial charge < -0.3 is 10.1 Å². The Hall–Kier alpha value is -0.0800. The van der Waals surface area contributed by atoms with Crippen molar-refractivity contribution in [3.05, 3.63) is 0 Å². The van der Waals surface area contributed by atoms with E-state index >= 15 is 0 Å². The summed E-state index contributed by atoms with van der Waals surface area (Å²) in [4.78, 5) is 0. The zero-order valence-electron chi connectivity index (χ0n) is 9.60. The van der Waals surface area contributed by atoms with E-state index in [-0.39, 0.29) is 0 Å². The van der Waals surface area contributed by atoms with Crippen LogP contribution in [-0.4, -0.2) is 26.3 Å². The summed E-state index contributed by atoms with van der Waals surface area (Å²) >= 11 is 0. The van der Waals surface area contributed by atoms with Gasteiger partial charge in [-0.15, -0.1) is 0 Å². The van der Waals surface area contributed by atoms with Gasteiger partial charge in [0.25, 0.3) is 0 Å². The Morgan fingerprint density at radius 2 is 2.00 bits per heavy atom. The average Bonchev–Trinajstić information content (AvgIpc) is 2.14. The molecule has 0 bridgehead atoms. The second-order valence-electron chi connectivity index (χ2n) is 3.68. The molecule has 1 N–H and O–H groups in total. The number of hydrogen-bond acceptors (Lipinski definition) is 2. The van der Waals surface area contributed by atoms with Gasteiger partial charge >= 0.3 is 0 Å². The van der Waals surface area contributed by atoms with Crippen LogP contribution in [0.4, 0.5) is 0 Å². The maximum atomic E-state index is 5.05. The highest BCUT2D eigenvalue weighted by Crippen LogP contribution is 2.13. The van der Waals surface area contributed by atoms with Crippen molar-refractivity contribution in [2.45, 2.75) is 46.1 Å². The van der Waals surface area contributed by atoms with Crippen LogP contribution in [0.3, 0.4) is 0 Å². The molecule has 13 heavy (non-hydrogen) atoms. The van der Waals surface area contributed by atoms with Crippen LogP contribution in [0.1, 0.15) is 40.0 Å². The molecule has 0 aromatic carbocycles. The summed E-state index contributed by atoms with van der Waals surface area (Å²) in [7, 11) is 1.77. The predicted octanol–water partition coefficient (Wildman–Crippen LogP) is 2.44. The third kappa shape index (κ3) is 6.05. The standard InChI is InChI=1S/C11H25NO/c1-5-11(12-6-2)10(3)8-7-9-13-4/h10-12H,5-9H2,1-4H3. The quantitative estimate of drug-likeness (QED) is 0.589. The molecule has 0 aliphatic carbocycles. The van der Waals surface area contributed by atoms with Crippen LogP contribution in [-0.2, 0) is 4.74 Å². The molecule has 80 valence electrons. The lowest BCUT2D eigenvalue weighted by Crippen LogP contribution is -2.34. The van der Waals surface area contributed by atoms with E-state index < -0.39 is 0 Å². The summed E-state index contributed by atoms with van der Waals surface area (Å²) < 4.78 is 5.05. The van der Waals surface area contributed by atoms with E-state index in [4.69, 9.17) is 4.74 Å². The van der Waals surface area contributed by atoms with Gasteiger partial charge in [-0.3, -0.25) is 0 Å². The van der Waals surface area contributed by atoms with Gasteiger partial charge in [-0.05, 0) is 31.7 Å². The molecule has 0 saturated carbocycles. The van der Waals surface area contributed by atoms with Crippen molar-refractivity contribution >= 4 is 0 Å². The summed E-state index contributed by atoms with van der Waals surface area (Å²) in [6.07, 6.45) is 3.67. The summed E-state index contributed by atoms with van der Waals surface area (Å²) in [5.74, 6) is 0.764.